The lowest BCUT2D eigenvalue weighted by Gasteiger charge is -2.10. The Balaban J connectivity index is 0.000000172. The van der Waals surface area contributed by atoms with Gasteiger partial charge in [-0.15, -0.1) is 11.8 Å². The predicted octanol–water partition coefficient (Wildman–Crippen LogP) is 16.5. The third-order valence-electron chi connectivity index (χ3n) is 9.89. The van der Waals surface area contributed by atoms with Gasteiger partial charge in [0.05, 0.1) is 37.0 Å². The Morgan fingerprint density at radius 3 is 0.985 bits per heavy atom. The number of azo groups is 4. The summed E-state index contributed by atoms with van der Waals surface area (Å²) in [5.41, 5.74) is 10.1. The van der Waals surface area contributed by atoms with E-state index in [9.17, 15) is 0 Å². The minimum Gasteiger partial charge on any atom is -0.497 e. The molecule has 0 aliphatic carbocycles. The monoisotopic (exact) mass is 894 g/mol. The highest BCUT2D eigenvalue weighted by atomic mass is 16.5. The summed E-state index contributed by atoms with van der Waals surface area (Å²) in [7, 11) is 9.93. The molecule has 0 saturated carbocycles. The molecule has 0 heterocycles. The zero-order valence-electron chi connectivity index (χ0n) is 39.7. The molecule has 0 fully saturated rings. The van der Waals surface area contributed by atoms with Gasteiger partial charge >= 0.3 is 0 Å². The second-order valence-electron chi connectivity index (χ2n) is 14.3. The van der Waals surface area contributed by atoms with Crippen molar-refractivity contribution in [3.05, 3.63) is 192 Å². The molecule has 0 aromatic heterocycles. The molecule has 0 spiro atoms. The van der Waals surface area contributed by atoms with E-state index in [1.807, 2.05) is 135 Å². The van der Waals surface area contributed by atoms with Crippen LogP contribution in [0.4, 0.5) is 22.7 Å². The quantitative estimate of drug-likeness (QED) is 0.0621. The van der Waals surface area contributed by atoms with Gasteiger partial charge in [0.1, 0.15) is 11.5 Å². The third kappa shape index (κ3) is 14.8. The summed E-state index contributed by atoms with van der Waals surface area (Å²) in [5.74, 6) is 14.3. The summed E-state index contributed by atoms with van der Waals surface area (Å²) in [6, 6.07) is 56.0. The molecule has 0 aliphatic heterocycles. The van der Waals surface area contributed by atoms with Crippen molar-refractivity contribution in [1.29, 1.82) is 0 Å². The third-order valence-corrected chi connectivity index (χ3v) is 9.89. The Labute approximate surface area is 400 Å². The van der Waals surface area contributed by atoms with Crippen LogP contribution < -0.4 is 9.47 Å². The first-order valence-electron chi connectivity index (χ1n) is 21.6. The van der Waals surface area contributed by atoms with Gasteiger partial charge in [0, 0.05) is 39.3 Å². The maximum atomic E-state index is 5.12. The summed E-state index contributed by atoms with van der Waals surface area (Å²) < 4.78 is 10.2. The van der Waals surface area contributed by atoms with Crippen LogP contribution in [0.3, 0.4) is 0 Å². The second-order valence-corrected chi connectivity index (χ2v) is 14.3. The van der Waals surface area contributed by atoms with Gasteiger partial charge in [-0.05, 0) is 124 Å². The largest absolute Gasteiger partial charge is 0.497 e. The number of fused-ring (bicyclic) bond motifs is 2. The lowest BCUT2D eigenvalue weighted by atomic mass is 9.92. The van der Waals surface area contributed by atoms with E-state index in [0.29, 0.717) is 0 Å². The van der Waals surface area contributed by atoms with Crippen molar-refractivity contribution in [2.75, 3.05) is 42.4 Å². The molecule has 10 heteroatoms. The summed E-state index contributed by atoms with van der Waals surface area (Å²) >= 11 is 0. The van der Waals surface area contributed by atoms with Crippen LogP contribution in [-0.2, 0) is 0 Å². The topological polar surface area (TPSA) is 117 Å². The number of methoxy groups -OCH3 is 2. The molecule has 10 nitrogen and oxygen atoms in total. The second kappa shape index (κ2) is 27.5. The van der Waals surface area contributed by atoms with E-state index < -0.39 is 0 Å². The fraction of sp³-hybridized carbons (Fsp3) is 0.138. The molecule has 0 unspecified atom stereocenters. The molecule has 8 aromatic carbocycles. The zero-order valence-corrected chi connectivity index (χ0v) is 39.7. The van der Waals surface area contributed by atoms with E-state index in [0.717, 1.165) is 56.5 Å². The minimum atomic E-state index is 0.794. The van der Waals surface area contributed by atoms with Crippen LogP contribution in [0.15, 0.2) is 211 Å². The van der Waals surface area contributed by atoms with E-state index >= 15 is 0 Å². The summed E-state index contributed by atoms with van der Waals surface area (Å²) in [6.07, 6.45) is 4.12. The highest BCUT2D eigenvalue weighted by molar-refractivity contribution is 6.09. The summed E-state index contributed by atoms with van der Waals surface area (Å²) in [5, 5.41) is 35.2. The first-order chi connectivity index (χ1) is 33.4. The molecular formula is C58H54N8O2. The van der Waals surface area contributed by atoms with E-state index in [1.54, 1.807) is 42.4 Å². The van der Waals surface area contributed by atoms with Gasteiger partial charge in [-0.25, -0.2) is 0 Å². The molecule has 8 rings (SSSR count). The average Bonchev–Trinajstić information content (AvgIpc) is 3.39. The van der Waals surface area contributed by atoms with E-state index in [2.05, 4.69) is 125 Å². The molecule has 0 aliphatic rings. The zero-order chi connectivity index (χ0) is 48.4. The predicted molar refractivity (Wildman–Crippen MR) is 282 cm³/mol. The summed E-state index contributed by atoms with van der Waals surface area (Å²) in [4.78, 5) is 0. The van der Waals surface area contributed by atoms with Crippen LogP contribution in [0.5, 0.6) is 11.5 Å². The number of hydrogen-bond donors (Lipinski definition) is 0. The van der Waals surface area contributed by atoms with Crippen molar-refractivity contribution in [3.63, 3.8) is 0 Å². The van der Waals surface area contributed by atoms with Gasteiger partial charge in [0.15, 0.2) is 0 Å². The van der Waals surface area contributed by atoms with Crippen molar-refractivity contribution in [1.82, 2.24) is 0 Å². The standard InChI is InChI=1S/C20H14.C16H16N4.C14H14O2.C8H10N4/c1-3-9-15-17-11-5-7-13-19(17)16(10-4-2)20-14-8-6-12-18(15)20;1-17-19-15-9-5-13(6-10-15)3-4-14-7-11-16(12-8-14)20-18-2;1-15-13-7-3-11(4-8-13)12-5-9-14(16-2)10-6-12;1-9-11-7-4-3-5-8(6-7)12-10-2/h5-8,11-14H,1-2H3;3-12H,1-2H3;3-10H,1-2H3;3-6H,1-2H3/b;4-3+,19-17?,20-18?;;. The van der Waals surface area contributed by atoms with Crippen LogP contribution >= 0.6 is 0 Å². The molecule has 0 saturated heterocycles. The Morgan fingerprint density at radius 1 is 0.368 bits per heavy atom. The molecule has 0 radical (unpaired) electrons. The first-order valence-corrected chi connectivity index (χ1v) is 21.6. The molecule has 0 bridgehead atoms. The Morgan fingerprint density at radius 2 is 0.691 bits per heavy atom. The van der Waals surface area contributed by atoms with Crippen molar-refractivity contribution < 1.29 is 9.47 Å². The minimum absolute atomic E-state index is 0.794. The van der Waals surface area contributed by atoms with Crippen molar-refractivity contribution in [2.24, 2.45) is 40.9 Å². The van der Waals surface area contributed by atoms with Crippen LogP contribution in [0, 0.1) is 23.7 Å². The van der Waals surface area contributed by atoms with Crippen LogP contribution in [0.1, 0.15) is 36.1 Å². The molecular weight excluding hydrogens is 841 g/mol. The number of rotatable bonds is 9. The van der Waals surface area contributed by atoms with Crippen molar-refractivity contribution in [3.8, 4) is 46.3 Å². The van der Waals surface area contributed by atoms with Gasteiger partial charge in [0.2, 0.25) is 0 Å². The van der Waals surface area contributed by atoms with Gasteiger partial charge in [-0.2, -0.15) is 40.9 Å². The fourth-order valence-electron chi connectivity index (χ4n) is 6.79. The highest BCUT2D eigenvalue weighted by Gasteiger charge is 2.10. The lowest BCUT2D eigenvalue weighted by Crippen LogP contribution is -1.89. The van der Waals surface area contributed by atoms with E-state index in [1.165, 1.54) is 32.7 Å². The van der Waals surface area contributed by atoms with Crippen LogP contribution in [0.25, 0.3) is 44.8 Å². The van der Waals surface area contributed by atoms with E-state index in [4.69, 9.17) is 9.47 Å². The van der Waals surface area contributed by atoms with Crippen molar-refractivity contribution >= 4 is 56.4 Å². The fourth-order valence-corrected chi connectivity index (χ4v) is 6.79. The van der Waals surface area contributed by atoms with Gasteiger partial charge in [-0.1, -0.05) is 127 Å². The number of hydrogen-bond acceptors (Lipinski definition) is 10. The van der Waals surface area contributed by atoms with E-state index in [-0.39, 0.29) is 0 Å². The maximum absolute atomic E-state index is 5.12. The molecule has 338 valence electrons. The van der Waals surface area contributed by atoms with Crippen LogP contribution in [0.2, 0.25) is 0 Å². The van der Waals surface area contributed by atoms with Crippen LogP contribution in [-0.4, -0.2) is 42.4 Å². The molecule has 0 N–H and O–H groups in total. The lowest BCUT2D eigenvalue weighted by molar-refractivity contribution is 0.414. The highest BCUT2D eigenvalue weighted by Crippen LogP contribution is 2.32. The first kappa shape index (κ1) is 50.1. The number of benzene rings is 8. The number of ether oxygens (including phenoxy) is 2. The Bertz CT molecular complexity index is 2870. The number of nitrogens with zero attached hydrogens (tertiary/aromatic N) is 8. The van der Waals surface area contributed by atoms with Crippen molar-refractivity contribution in [2.45, 2.75) is 13.8 Å². The molecule has 8 aromatic rings. The average molecular weight is 895 g/mol. The molecule has 0 atom stereocenters. The summed E-state index contributed by atoms with van der Waals surface area (Å²) in [6.45, 7) is 3.76. The van der Waals surface area contributed by atoms with Gasteiger partial charge < -0.3 is 9.47 Å². The maximum Gasteiger partial charge on any atom is 0.118 e. The smallest absolute Gasteiger partial charge is 0.118 e. The van der Waals surface area contributed by atoms with Gasteiger partial charge in [-0.3, -0.25) is 0 Å². The molecule has 68 heavy (non-hydrogen) atoms. The Hall–Kier alpha value is -8.86. The normalized spacial score (nSPS) is 10.7. The molecule has 0 amide bonds. The van der Waals surface area contributed by atoms with Gasteiger partial charge in [0.25, 0.3) is 0 Å². The Kier molecular flexibility index (Phi) is 20.3. The SMILES string of the molecule is CC#Cc1c2ccccc2c(C#CC)c2ccccc12.CN=Nc1ccc(/C=C/c2ccc(N=NC)cc2)cc1.CN=Nc1cccc(N=NC)c1.COc1ccc(-c2ccc(OC)cc2)cc1.